The quantitative estimate of drug-likeness (QED) is 0.647. The molecule has 2 rings (SSSR count). The van der Waals surface area contributed by atoms with Gasteiger partial charge >= 0.3 is 0 Å². The third kappa shape index (κ3) is 4.16. The number of aliphatic hydroxyl groups is 1. The SMILES string of the molecule is Cl.O=C(c1ccc(Cl)c(F)c1)C1CN(CCCCO)C1. The van der Waals surface area contributed by atoms with Crippen LogP contribution in [-0.4, -0.2) is 42.0 Å². The van der Waals surface area contributed by atoms with Crippen molar-refractivity contribution in [2.75, 3.05) is 26.2 Å². The molecule has 1 aromatic carbocycles. The number of benzene rings is 1. The van der Waals surface area contributed by atoms with Crippen molar-refractivity contribution in [1.82, 2.24) is 4.90 Å². The van der Waals surface area contributed by atoms with Gasteiger partial charge in [0.1, 0.15) is 5.82 Å². The number of carbonyl (C=O) groups excluding carboxylic acids is 1. The fourth-order valence-electron chi connectivity index (χ4n) is 2.25. The zero-order valence-electron chi connectivity index (χ0n) is 11.0. The van der Waals surface area contributed by atoms with Crippen molar-refractivity contribution >= 4 is 29.8 Å². The summed E-state index contributed by atoms with van der Waals surface area (Å²) in [5.41, 5.74) is 0.391. The number of hydrogen-bond acceptors (Lipinski definition) is 3. The molecule has 0 saturated carbocycles. The summed E-state index contributed by atoms with van der Waals surface area (Å²) in [5, 5.41) is 8.73. The van der Waals surface area contributed by atoms with Gasteiger partial charge in [-0.15, -0.1) is 12.4 Å². The number of Topliss-reactive ketones (excluding diaryl/α,β-unsaturated/α-hetero) is 1. The molecule has 1 saturated heterocycles. The lowest BCUT2D eigenvalue weighted by molar-refractivity contribution is 0.0612. The van der Waals surface area contributed by atoms with Crippen LogP contribution in [0.1, 0.15) is 23.2 Å². The van der Waals surface area contributed by atoms with Crippen LogP contribution in [0.4, 0.5) is 4.39 Å². The number of halogens is 3. The van der Waals surface area contributed by atoms with Gasteiger partial charge in [-0.25, -0.2) is 4.39 Å². The summed E-state index contributed by atoms with van der Waals surface area (Å²) in [7, 11) is 0. The Balaban J connectivity index is 0.00000200. The van der Waals surface area contributed by atoms with Crippen LogP contribution in [0.3, 0.4) is 0 Å². The van der Waals surface area contributed by atoms with Gasteiger partial charge in [-0.1, -0.05) is 11.6 Å². The van der Waals surface area contributed by atoms with E-state index < -0.39 is 5.82 Å². The van der Waals surface area contributed by atoms with Gasteiger partial charge in [0.25, 0.3) is 0 Å². The number of likely N-dealkylation sites (tertiary alicyclic amines) is 1. The number of carbonyl (C=O) groups is 1. The lowest BCUT2D eigenvalue weighted by Crippen LogP contribution is -2.50. The van der Waals surface area contributed by atoms with Gasteiger partial charge in [-0.3, -0.25) is 4.79 Å². The minimum absolute atomic E-state index is 0. The largest absolute Gasteiger partial charge is 0.396 e. The van der Waals surface area contributed by atoms with Gasteiger partial charge < -0.3 is 10.0 Å². The second kappa shape index (κ2) is 7.93. The highest BCUT2D eigenvalue weighted by Gasteiger charge is 2.32. The Bertz CT molecular complexity index is 464. The second-order valence-electron chi connectivity index (χ2n) is 4.88. The molecular formula is C14H18Cl2FNO2. The van der Waals surface area contributed by atoms with Gasteiger partial charge in [0.15, 0.2) is 5.78 Å². The smallest absolute Gasteiger partial charge is 0.168 e. The van der Waals surface area contributed by atoms with Crippen molar-refractivity contribution in [2.24, 2.45) is 5.92 Å². The van der Waals surface area contributed by atoms with Gasteiger partial charge in [0.05, 0.1) is 5.02 Å². The highest BCUT2D eigenvalue weighted by Crippen LogP contribution is 2.23. The molecule has 0 radical (unpaired) electrons. The maximum absolute atomic E-state index is 13.3. The molecule has 1 heterocycles. The summed E-state index contributed by atoms with van der Waals surface area (Å²) >= 11 is 5.59. The highest BCUT2D eigenvalue weighted by atomic mass is 35.5. The molecule has 1 aliphatic heterocycles. The van der Waals surface area contributed by atoms with Crippen LogP contribution in [0.2, 0.25) is 5.02 Å². The first kappa shape index (κ1) is 17.4. The molecule has 0 bridgehead atoms. The number of hydrogen-bond donors (Lipinski definition) is 1. The Labute approximate surface area is 129 Å². The first-order valence-electron chi connectivity index (χ1n) is 6.44. The summed E-state index contributed by atoms with van der Waals surface area (Å²) in [6.45, 7) is 2.54. The second-order valence-corrected chi connectivity index (χ2v) is 5.29. The molecule has 1 aromatic rings. The Morgan fingerprint density at radius 3 is 2.70 bits per heavy atom. The molecule has 1 aliphatic rings. The van der Waals surface area contributed by atoms with Crippen LogP contribution in [-0.2, 0) is 0 Å². The Hall–Kier alpha value is -0.680. The summed E-state index contributed by atoms with van der Waals surface area (Å²) in [5.74, 6) is -0.615. The first-order valence-corrected chi connectivity index (χ1v) is 6.82. The van der Waals surface area contributed by atoms with Crippen LogP contribution in [0, 0.1) is 11.7 Å². The van der Waals surface area contributed by atoms with Crippen LogP contribution in [0.5, 0.6) is 0 Å². The minimum atomic E-state index is -0.549. The Morgan fingerprint density at radius 2 is 2.10 bits per heavy atom. The van der Waals surface area contributed by atoms with E-state index in [1.807, 2.05) is 0 Å². The molecule has 0 aromatic heterocycles. The van der Waals surface area contributed by atoms with Crippen molar-refractivity contribution in [3.8, 4) is 0 Å². The van der Waals surface area contributed by atoms with Gasteiger partial charge in [0.2, 0.25) is 0 Å². The number of aliphatic hydroxyl groups excluding tert-OH is 1. The van der Waals surface area contributed by atoms with Gasteiger partial charge in [-0.05, 0) is 37.6 Å². The average Bonchev–Trinajstić information content (AvgIpc) is 2.35. The van der Waals surface area contributed by atoms with Crippen LogP contribution in [0.25, 0.3) is 0 Å². The molecule has 1 N–H and O–H groups in total. The van der Waals surface area contributed by atoms with E-state index in [4.69, 9.17) is 16.7 Å². The van der Waals surface area contributed by atoms with Gasteiger partial charge in [-0.2, -0.15) is 0 Å². The minimum Gasteiger partial charge on any atom is -0.396 e. The molecule has 1 fully saturated rings. The topological polar surface area (TPSA) is 40.5 Å². The van der Waals surface area contributed by atoms with E-state index in [0.29, 0.717) is 18.7 Å². The summed E-state index contributed by atoms with van der Waals surface area (Å²) < 4.78 is 13.3. The summed E-state index contributed by atoms with van der Waals surface area (Å²) in [6, 6.07) is 4.20. The van der Waals surface area contributed by atoms with Crippen LogP contribution >= 0.6 is 24.0 Å². The van der Waals surface area contributed by atoms with E-state index in [0.717, 1.165) is 19.4 Å². The molecule has 112 valence electrons. The third-order valence-electron chi connectivity index (χ3n) is 3.41. The van der Waals surface area contributed by atoms with Crippen LogP contribution < -0.4 is 0 Å². The van der Waals surface area contributed by atoms with E-state index in [-0.39, 0.29) is 35.7 Å². The van der Waals surface area contributed by atoms with E-state index in [2.05, 4.69) is 4.90 Å². The molecule has 0 amide bonds. The van der Waals surface area contributed by atoms with Gasteiger partial charge in [0, 0.05) is 31.2 Å². The summed E-state index contributed by atoms with van der Waals surface area (Å²) in [4.78, 5) is 14.3. The molecule has 0 spiro atoms. The van der Waals surface area contributed by atoms with Crippen LogP contribution in [0.15, 0.2) is 18.2 Å². The molecule has 0 atom stereocenters. The third-order valence-corrected chi connectivity index (χ3v) is 3.72. The molecule has 0 unspecified atom stereocenters. The van der Waals surface area contributed by atoms with E-state index in [1.165, 1.54) is 12.1 Å². The standard InChI is InChI=1S/C14H17ClFNO2.ClH/c15-12-4-3-10(7-13(12)16)14(19)11-8-17(9-11)5-1-2-6-18;/h3-4,7,11,18H,1-2,5-6,8-9H2;1H. The van der Waals surface area contributed by atoms with Crippen molar-refractivity contribution in [2.45, 2.75) is 12.8 Å². The number of unbranched alkanes of at least 4 members (excludes halogenated alkanes) is 1. The lowest BCUT2D eigenvalue weighted by Gasteiger charge is -2.38. The van der Waals surface area contributed by atoms with Crippen molar-refractivity contribution in [1.29, 1.82) is 0 Å². The van der Waals surface area contributed by atoms with Crippen molar-refractivity contribution in [3.05, 3.63) is 34.6 Å². The number of nitrogens with zero attached hydrogens (tertiary/aromatic N) is 1. The predicted molar refractivity (Wildman–Crippen MR) is 79.2 cm³/mol. The lowest BCUT2D eigenvalue weighted by atomic mass is 9.90. The Kier molecular flexibility index (Phi) is 6.89. The molecule has 20 heavy (non-hydrogen) atoms. The predicted octanol–water partition coefficient (Wildman–Crippen LogP) is 2.79. The maximum atomic E-state index is 13.3. The van der Waals surface area contributed by atoms with Crippen molar-refractivity contribution < 1.29 is 14.3 Å². The first-order chi connectivity index (χ1) is 9.11. The number of ketones is 1. The zero-order valence-corrected chi connectivity index (χ0v) is 12.6. The highest BCUT2D eigenvalue weighted by molar-refractivity contribution is 6.30. The molecule has 0 aliphatic carbocycles. The fraction of sp³-hybridized carbons (Fsp3) is 0.500. The van der Waals surface area contributed by atoms with E-state index in [9.17, 15) is 9.18 Å². The normalized spacial score (nSPS) is 15.6. The molecule has 3 nitrogen and oxygen atoms in total. The zero-order chi connectivity index (χ0) is 13.8. The average molecular weight is 322 g/mol. The monoisotopic (exact) mass is 321 g/mol. The Morgan fingerprint density at radius 1 is 1.40 bits per heavy atom. The fourth-order valence-corrected chi connectivity index (χ4v) is 2.37. The molecular weight excluding hydrogens is 304 g/mol. The molecule has 6 heteroatoms. The van der Waals surface area contributed by atoms with Crippen molar-refractivity contribution in [3.63, 3.8) is 0 Å². The maximum Gasteiger partial charge on any atom is 0.168 e. The van der Waals surface area contributed by atoms with E-state index in [1.54, 1.807) is 6.07 Å². The van der Waals surface area contributed by atoms with E-state index >= 15 is 0 Å². The summed E-state index contributed by atoms with van der Waals surface area (Å²) in [6.07, 6.45) is 1.73. The number of rotatable bonds is 6.